The van der Waals surface area contributed by atoms with E-state index >= 15 is 0 Å². The molecule has 0 aliphatic heterocycles. The van der Waals surface area contributed by atoms with Crippen LogP contribution < -0.4 is 0 Å². The van der Waals surface area contributed by atoms with E-state index in [-0.39, 0.29) is 16.8 Å². The van der Waals surface area contributed by atoms with Crippen molar-refractivity contribution >= 4 is 0 Å². The molecule has 0 aliphatic rings. The minimum absolute atomic E-state index is 0. The molecule has 1 radical (unpaired) electrons. The van der Waals surface area contributed by atoms with E-state index in [4.69, 9.17) is 9.30 Å². The summed E-state index contributed by atoms with van der Waals surface area (Å²) in [5.41, 5.74) is 7.34. The fourth-order valence-corrected chi connectivity index (χ4v) is 1.41. The van der Waals surface area contributed by atoms with Crippen molar-refractivity contribution in [2.75, 3.05) is 0 Å². The molecule has 85 valence electrons. The summed E-state index contributed by atoms with van der Waals surface area (Å²) in [6, 6.07) is 0. The van der Waals surface area contributed by atoms with E-state index in [1.807, 2.05) is 0 Å². The molecule has 0 aliphatic carbocycles. The van der Waals surface area contributed by atoms with E-state index in [2.05, 4.69) is 47.9 Å². The fourth-order valence-electron chi connectivity index (χ4n) is 1.41. The van der Waals surface area contributed by atoms with Gasteiger partial charge in [-0.1, -0.05) is 34.6 Å². The van der Waals surface area contributed by atoms with E-state index in [9.17, 15) is 0 Å². The molecule has 1 aromatic carbocycles. The van der Waals surface area contributed by atoms with Gasteiger partial charge in [-0.15, -0.1) is 0 Å². The van der Waals surface area contributed by atoms with Crippen molar-refractivity contribution in [2.45, 2.75) is 34.6 Å². The summed E-state index contributed by atoms with van der Waals surface area (Å²) in [6.07, 6.45) is 0. The first-order chi connectivity index (χ1) is 6.55. The third-order valence-electron chi connectivity index (χ3n) is 2.81. The monoisotopic (exact) mass is 250 g/mol. The van der Waals surface area contributed by atoms with Gasteiger partial charge in [-0.3, -0.25) is 0 Å². The summed E-state index contributed by atoms with van der Waals surface area (Å²) in [5.74, 6) is 0. The van der Waals surface area contributed by atoms with Crippen LogP contribution in [0.3, 0.4) is 0 Å². The zero-order valence-electron chi connectivity index (χ0n) is 9.65. The van der Waals surface area contributed by atoms with Gasteiger partial charge in [0.1, 0.15) is 0 Å². The largest absolute Gasteiger partial charge is 0 e. The molecule has 0 N–H and O–H groups in total. The molecule has 2 nitrogen and oxygen atoms in total. The molecule has 0 amide bonds. The minimum Gasteiger partial charge on any atom is 0 e. The average molecular weight is 250 g/mol. The van der Waals surface area contributed by atoms with Crippen LogP contribution in [0.15, 0.2) is 0 Å². The van der Waals surface area contributed by atoms with Gasteiger partial charge >= 0.3 is 22.6 Å². The molecular formula is C12H15CoO2-. The molecule has 15 heavy (non-hydrogen) atoms. The molecule has 0 atom stereocenters. The normalized spacial score (nSPS) is 7.27. The van der Waals surface area contributed by atoms with Crippen LogP contribution in [0.2, 0.25) is 0 Å². The number of hydrogen-bond acceptors (Lipinski definition) is 0. The van der Waals surface area contributed by atoms with E-state index in [0.717, 1.165) is 0 Å². The summed E-state index contributed by atoms with van der Waals surface area (Å²) in [7, 11) is 0. The standard InChI is InChI=1S/C10H15.2CO.Co/c1-6-7(2)9(4)10(5)8(6)3;2*1-2;/h1-5H3;;;/q-1;;;. The molecule has 0 spiro atoms. The first-order valence-electron chi connectivity index (χ1n) is 4.16. The van der Waals surface area contributed by atoms with E-state index in [1.54, 1.807) is 0 Å². The van der Waals surface area contributed by atoms with Gasteiger partial charge < -0.3 is 0 Å². The Kier molecular flexibility index (Phi) is 13.1. The summed E-state index contributed by atoms with van der Waals surface area (Å²) in [5, 5.41) is 0. The molecule has 1 aromatic rings. The van der Waals surface area contributed by atoms with Gasteiger partial charge in [-0.05, 0) is 0 Å². The van der Waals surface area contributed by atoms with Crippen molar-refractivity contribution in [1.29, 1.82) is 0 Å². The van der Waals surface area contributed by atoms with Gasteiger partial charge in [0.2, 0.25) is 0 Å². The van der Waals surface area contributed by atoms with Crippen molar-refractivity contribution < 1.29 is 26.1 Å². The first kappa shape index (κ1) is 19.8. The fraction of sp³-hybridized carbons (Fsp3) is 0.417. The maximum atomic E-state index is 7.50. The summed E-state index contributed by atoms with van der Waals surface area (Å²) >= 11 is 0. The summed E-state index contributed by atoms with van der Waals surface area (Å²) in [4.78, 5) is 0. The Morgan fingerprint density at radius 1 is 0.800 bits per heavy atom. The van der Waals surface area contributed by atoms with Crippen molar-refractivity contribution in [3.63, 3.8) is 0 Å². The van der Waals surface area contributed by atoms with Crippen LogP contribution in [0.5, 0.6) is 0 Å². The summed E-state index contributed by atoms with van der Waals surface area (Å²) in [6.45, 7) is 20.0. The molecule has 3 heteroatoms. The smallest absolute Gasteiger partial charge is 0 e. The van der Waals surface area contributed by atoms with Crippen molar-refractivity contribution in [2.24, 2.45) is 0 Å². The Morgan fingerprint density at radius 2 is 1.00 bits per heavy atom. The zero-order chi connectivity index (χ0) is 11.9. The van der Waals surface area contributed by atoms with E-state index in [1.165, 1.54) is 27.8 Å². The maximum Gasteiger partial charge on any atom is 0 e. The van der Waals surface area contributed by atoms with Crippen LogP contribution in [-0.4, -0.2) is 0 Å². The quantitative estimate of drug-likeness (QED) is 0.501. The molecule has 0 aromatic heterocycles. The Bertz CT molecular complexity index is 246. The van der Waals surface area contributed by atoms with Gasteiger partial charge in [0.05, 0.1) is 0 Å². The Hall–Kier alpha value is -0.664. The molecule has 1 rings (SSSR count). The third-order valence-corrected chi connectivity index (χ3v) is 2.81. The average Bonchev–Trinajstić information content (AvgIpc) is 2.42. The van der Waals surface area contributed by atoms with E-state index < -0.39 is 0 Å². The minimum atomic E-state index is 0. The van der Waals surface area contributed by atoms with Crippen LogP contribution in [0.4, 0.5) is 0 Å². The van der Waals surface area contributed by atoms with Gasteiger partial charge in [-0.2, -0.15) is 27.8 Å². The SMILES string of the molecule is Cc1c(C)c(C)[c-](C)c1C.[C-]#[O+].[C-]#[O+].[Co]. The maximum absolute atomic E-state index is 7.50. The Balaban J connectivity index is -0.000000258. The molecule has 0 saturated heterocycles. The van der Waals surface area contributed by atoms with Crippen LogP contribution in [0, 0.1) is 47.9 Å². The number of rotatable bonds is 0. The van der Waals surface area contributed by atoms with Crippen LogP contribution in [-0.2, 0) is 26.1 Å². The molecule has 0 unspecified atom stereocenters. The van der Waals surface area contributed by atoms with Crippen molar-refractivity contribution in [1.82, 2.24) is 0 Å². The Labute approximate surface area is 102 Å². The molecular weight excluding hydrogens is 235 g/mol. The molecule has 0 saturated carbocycles. The van der Waals surface area contributed by atoms with Gasteiger partial charge in [0, 0.05) is 16.8 Å². The second kappa shape index (κ2) is 9.88. The third kappa shape index (κ3) is 4.58. The topological polar surface area (TPSA) is 39.8 Å². The second-order valence-electron chi connectivity index (χ2n) is 3.12. The van der Waals surface area contributed by atoms with Gasteiger partial charge in [0.25, 0.3) is 0 Å². The van der Waals surface area contributed by atoms with Crippen LogP contribution >= 0.6 is 0 Å². The Morgan fingerprint density at radius 3 is 1.07 bits per heavy atom. The summed E-state index contributed by atoms with van der Waals surface area (Å²) < 4.78 is 15.0. The molecule has 0 bridgehead atoms. The predicted octanol–water partition coefficient (Wildman–Crippen LogP) is 2.87. The van der Waals surface area contributed by atoms with Crippen LogP contribution in [0.25, 0.3) is 0 Å². The zero-order valence-corrected chi connectivity index (χ0v) is 10.7. The van der Waals surface area contributed by atoms with Crippen molar-refractivity contribution in [3.8, 4) is 0 Å². The van der Waals surface area contributed by atoms with E-state index in [0.29, 0.717) is 0 Å². The molecule has 0 heterocycles. The van der Waals surface area contributed by atoms with Crippen molar-refractivity contribution in [3.05, 3.63) is 41.1 Å². The predicted molar refractivity (Wildman–Crippen MR) is 53.6 cm³/mol. The van der Waals surface area contributed by atoms with Crippen LogP contribution in [0.1, 0.15) is 27.8 Å². The number of hydrogen-bond donors (Lipinski definition) is 0. The molecule has 0 fully saturated rings. The van der Waals surface area contributed by atoms with Gasteiger partial charge in [-0.25, -0.2) is 0 Å². The van der Waals surface area contributed by atoms with Gasteiger partial charge in [0.15, 0.2) is 0 Å². The second-order valence-corrected chi connectivity index (χ2v) is 3.12. The first-order valence-corrected chi connectivity index (χ1v) is 4.16.